The predicted molar refractivity (Wildman–Crippen MR) is 109 cm³/mol. The molecule has 1 atom stereocenters. The van der Waals surface area contributed by atoms with Crippen LogP contribution < -0.4 is 20.1 Å². The first-order valence-electron chi connectivity index (χ1n) is 9.16. The summed E-state index contributed by atoms with van der Waals surface area (Å²) in [5, 5.41) is 5.02. The lowest BCUT2D eigenvalue weighted by Gasteiger charge is -2.17. The lowest BCUT2D eigenvalue weighted by molar-refractivity contribution is -0.697. The Kier molecular flexibility index (Phi) is 6.65. The molecule has 144 valence electrons. The molecule has 28 heavy (non-hydrogen) atoms. The summed E-state index contributed by atoms with van der Waals surface area (Å²) in [5.41, 5.74) is 2.69. The molecular formula is C23H25N2O3+. The van der Waals surface area contributed by atoms with E-state index >= 15 is 0 Å². The molecule has 3 rings (SSSR count). The maximum absolute atomic E-state index is 13.1. The molecule has 0 radical (unpaired) electrons. The van der Waals surface area contributed by atoms with Crippen molar-refractivity contribution in [1.82, 2.24) is 0 Å². The summed E-state index contributed by atoms with van der Waals surface area (Å²) < 4.78 is 10.7. The molecule has 1 amide bonds. The van der Waals surface area contributed by atoms with E-state index in [-0.39, 0.29) is 5.91 Å². The minimum absolute atomic E-state index is 0.0886. The molecule has 0 aliphatic carbocycles. The van der Waals surface area contributed by atoms with E-state index in [1.807, 2.05) is 78.1 Å². The van der Waals surface area contributed by atoms with Crippen molar-refractivity contribution >= 4 is 11.6 Å². The van der Waals surface area contributed by atoms with Gasteiger partial charge in [0.1, 0.15) is 18.0 Å². The Morgan fingerprint density at radius 1 is 0.929 bits per heavy atom. The third-order valence-electron chi connectivity index (χ3n) is 4.54. The van der Waals surface area contributed by atoms with Crippen LogP contribution in [0.3, 0.4) is 0 Å². The van der Waals surface area contributed by atoms with Crippen LogP contribution in [0.5, 0.6) is 11.5 Å². The number of carbonyl (C=O) groups is 1. The van der Waals surface area contributed by atoms with Gasteiger partial charge in [0.05, 0.1) is 14.2 Å². The van der Waals surface area contributed by atoms with Crippen LogP contribution in [0.15, 0.2) is 78.9 Å². The Hall–Kier alpha value is -3.31. The standard InChI is InChI=1S/C23H24N2O3/c1-27-20-13-8-12-19(15-20)25-23(26)22(17-9-4-3-5-10-17)24-16-18-11-6-7-14-21(18)28-2/h3-15,22,24H,16H2,1-2H3,(H,25,26)/p+1/t22-/m1/s1. The predicted octanol–water partition coefficient (Wildman–Crippen LogP) is 3.15. The lowest BCUT2D eigenvalue weighted by atomic mass is 10.1. The van der Waals surface area contributed by atoms with Crippen molar-refractivity contribution in [3.8, 4) is 11.5 Å². The van der Waals surface area contributed by atoms with E-state index in [1.54, 1.807) is 20.3 Å². The SMILES string of the molecule is COc1cccc(NC(=O)[C@H]([NH2+]Cc2ccccc2OC)c2ccccc2)c1. The summed E-state index contributed by atoms with van der Waals surface area (Å²) in [4.78, 5) is 13.1. The van der Waals surface area contributed by atoms with E-state index in [0.29, 0.717) is 18.0 Å². The molecule has 0 saturated heterocycles. The van der Waals surface area contributed by atoms with E-state index < -0.39 is 6.04 Å². The van der Waals surface area contributed by atoms with Crippen molar-refractivity contribution in [3.05, 3.63) is 90.0 Å². The number of methoxy groups -OCH3 is 2. The molecule has 0 spiro atoms. The number of carbonyl (C=O) groups excluding carboxylic acids is 1. The van der Waals surface area contributed by atoms with E-state index in [4.69, 9.17) is 9.47 Å². The molecule has 3 aromatic rings. The first kappa shape index (κ1) is 19.5. The second kappa shape index (κ2) is 9.58. The van der Waals surface area contributed by atoms with Crippen molar-refractivity contribution < 1.29 is 19.6 Å². The molecule has 0 aliphatic heterocycles. The van der Waals surface area contributed by atoms with E-state index in [9.17, 15) is 4.79 Å². The van der Waals surface area contributed by atoms with Gasteiger partial charge in [-0.2, -0.15) is 0 Å². The van der Waals surface area contributed by atoms with Crippen molar-refractivity contribution in [1.29, 1.82) is 0 Å². The Balaban J connectivity index is 1.79. The number of quaternary nitrogens is 1. The van der Waals surface area contributed by atoms with Gasteiger partial charge in [0.25, 0.3) is 5.91 Å². The highest BCUT2D eigenvalue weighted by Crippen LogP contribution is 2.19. The van der Waals surface area contributed by atoms with E-state index in [0.717, 1.165) is 16.9 Å². The molecule has 3 aromatic carbocycles. The zero-order valence-electron chi connectivity index (χ0n) is 16.1. The number of hydrogen-bond donors (Lipinski definition) is 2. The molecule has 3 N–H and O–H groups in total. The number of rotatable bonds is 8. The van der Waals surface area contributed by atoms with Gasteiger partial charge in [-0.05, 0) is 24.3 Å². The number of anilines is 1. The van der Waals surface area contributed by atoms with E-state index in [2.05, 4.69) is 5.32 Å². The minimum Gasteiger partial charge on any atom is -0.497 e. The topological polar surface area (TPSA) is 64.2 Å². The summed E-state index contributed by atoms with van der Waals surface area (Å²) in [7, 11) is 3.26. The highest BCUT2D eigenvalue weighted by atomic mass is 16.5. The maximum Gasteiger partial charge on any atom is 0.287 e. The highest BCUT2D eigenvalue weighted by molar-refractivity contribution is 5.94. The Labute approximate surface area is 165 Å². The number of benzene rings is 3. The molecule has 0 saturated carbocycles. The third kappa shape index (κ3) is 4.90. The lowest BCUT2D eigenvalue weighted by Crippen LogP contribution is -2.85. The van der Waals surface area contributed by atoms with Crippen molar-refractivity contribution in [2.45, 2.75) is 12.6 Å². The van der Waals surface area contributed by atoms with Crippen LogP contribution in [0, 0.1) is 0 Å². The molecule has 0 aromatic heterocycles. The molecule has 0 bridgehead atoms. The average molecular weight is 377 g/mol. The Morgan fingerprint density at radius 2 is 1.68 bits per heavy atom. The third-order valence-corrected chi connectivity index (χ3v) is 4.54. The number of nitrogens with one attached hydrogen (secondary N) is 1. The number of nitrogens with two attached hydrogens (primary N) is 1. The second-order valence-corrected chi connectivity index (χ2v) is 6.36. The van der Waals surface area contributed by atoms with Crippen LogP contribution >= 0.6 is 0 Å². The number of ether oxygens (including phenoxy) is 2. The number of hydrogen-bond acceptors (Lipinski definition) is 3. The summed E-state index contributed by atoms with van der Waals surface area (Å²) in [5.74, 6) is 1.43. The maximum atomic E-state index is 13.1. The van der Waals surface area contributed by atoms with Crippen LogP contribution in [0.4, 0.5) is 5.69 Å². The van der Waals surface area contributed by atoms with Gasteiger partial charge in [0.2, 0.25) is 0 Å². The Morgan fingerprint density at radius 3 is 2.43 bits per heavy atom. The van der Waals surface area contributed by atoms with Gasteiger partial charge < -0.3 is 20.1 Å². The van der Waals surface area contributed by atoms with Gasteiger partial charge in [-0.15, -0.1) is 0 Å². The fourth-order valence-corrected chi connectivity index (χ4v) is 3.09. The summed E-state index contributed by atoms with van der Waals surface area (Å²) >= 11 is 0. The van der Waals surface area contributed by atoms with Crippen molar-refractivity contribution in [3.63, 3.8) is 0 Å². The molecule has 5 heteroatoms. The zero-order chi connectivity index (χ0) is 19.8. The molecule has 0 heterocycles. The molecule has 0 fully saturated rings. The smallest absolute Gasteiger partial charge is 0.287 e. The van der Waals surface area contributed by atoms with Gasteiger partial charge in [0, 0.05) is 22.9 Å². The minimum atomic E-state index is -0.391. The van der Waals surface area contributed by atoms with Crippen molar-refractivity contribution in [2.75, 3.05) is 19.5 Å². The fraction of sp³-hybridized carbons (Fsp3) is 0.174. The quantitative estimate of drug-likeness (QED) is 0.634. The fourth-order valence-electron chi connectivity index (χ4n) is 3.09. The van der Waals surface area contributed by atoms with Gasteiger partial charge in [-0.25, -0.2) is 0 Å². The van der Waals surface area contributed by atoms with Crippen LogP contribution in [0.2, 0.25) is 0 Å². The molecule has 5 nitrogen and oxygen atoms in total. The molecule has 0 unspecified atom stereocenters. The van der Waals surface area contributed by atoms with Gasteiger partial charge >= 0.3 is 0 Å². The Bertz CT molecular complexity index is 912. The summed E-state index contributed by atoms with van der Waals surface area (Å²) in [6, 6.07) is 24.6. The first-order valence-corrected chi connectivity index (χ1v) is 9.16. The van der Waals surface area contributed by atoms with E-state index in [1.165, 1.54) is 0 Å². The first-order chi connectivity index (χ1) is 13.7. The normalized spacial score (nSPS) is 11.5. The number of amides is 1. The van der Waals surface area contributed by atoms with Crippen LogP contribution in [0.25, 0.3) is 0 Å². The van der Waals surface area contributed by atoms with Crippen LogP contribution in [-0.2, 0) is 11.3 Å². The van der Waals surface area contributed by atoms with Gasteiger partial charge in [-0.1, -0.05) is 48.5 Å². The monoisotopic (exact) mass is 377 g/mol. The van der Waals surface area contributed by atoms with Gasteiger partial charge in [0.15, 0.2) is 6.04 Å². The average Bonchev–Trinajstić information content (AvgIpc) is 2.75. The molecule has 0 aliphatic rings. The largest absolute Gasteiger partial charge is 0.497 e. The van der Waals surface area contributed by atoms with Crippen LogP contribution in [0.1, 0.15) is 17.2 Å². The summed E-state index contributed by atoms with van der Waals surface area (Å²) in [6.07, 6.45) is 0. The highest BCUT2D eigenvalue weighted by Gasteiger charge is 2.24. The second-order valence-electron chi connectivity index (χ2n) is 6.36. The van der Waals surface area contributed by atoms with Crippen molar-refractivity contribution in [2.24, 2.45) is 0 Å². The molecular weight excluding hydrogens is 352 g/mol. The zero-order valence-corrected chi connectivity index (χ0v) is 16.1. The number of para-hydroxylation sites is 1. The summed E-state index contributed by atoms with van der Waals surface area (Å²) in [6.45, 7) is 0.620. The van der Waals surface area contributed by atoms with Gasteiger partial charge in [-0.3, -0.25) is 4.79 Å². The van der Waals surface area contributed by atoms with Crippen LogP contribution in [-0.4, -0.2) is 20.1 Å².